The van der Waals surface area contributed by atoms with Crippen LogP contribution in [-0.4, -0.2) is 17.4 Å². The van der Waals surface area contributed by atoms with E-state index in [2.05, 4.69) is 20.9 Å². The molecule has 0 fully saturated rings. The summed E-state index contributed by atoms with van der Waals surface area (Å²) in [5.41, 5.74) is 0.423. The molecule has 1 aromatic heterocycles. The summed E-state index contributed by atoms with van der Waals surface area (Å²) in [6, 6.07) is 1.63. The molecule has 3 nitrogen and oxygen atoms in total. The molecule has 0 saturated heterocycles. The standard InChI is InChI=1S/C9H10BrNO2/c1-3-13-9-4-8(6(2)12)11-5-7(9)10/h4-5H,3H2,1-2H3. The van der Waals surface area contributed by atoms with Crippen LogP contribution in [0.3, 0.4) is 0 Å². The maximum absolute atomic E-state index is 11.0. The molecule has 0 aliphatic heterocycles. The normalized spacial score (nSPS) is 9.77. The lowest BCUT2D eigenvalue weighted by molar-refractivity contribution is 0.101. The van der Waals surface area contributed by atoms with Gasteiger partial charge >= 0.3 is 0 Å². The molecular formula is C9H10BrNO2. The second-order valence-electron chi connectivity index (χ2n) is 2.49. The molecule has 0 bridgehead atoms. The smallest absolute Gasteiger partial charge is 0.178 e. The van der Waals surface area contributed by atoms with Gasteiger partial charge in [-0.25, -0.2) is 0 Å². The number of hydrogen-bond donors (Lipinski definition) is 0. The van der Waals surface area contributed by atoms with Crippen LogP contribution in [0.25, 0.3) is 0 Å². The van der Waals surface area contributed by atoms with Gasteiger partial charge in [-0.15, -0.1) is 0 Å². The summed E-state index contributed by atoms with van der Waals surface area (Å²) in [4.78, 5) is 14.9. The van der Waals surface area contributed by atoms with E-state index >= 15 is 0 Å². The first-order chi connectivity index (χ1) is 6.15. The molecule has 0 aliphatic rings. The fourth-order valence-corrected chi connectivity index (χ4v) is 1.21. The lowest BCUT2D eigenvalue weighted by atomic mass is 10.2. The molecule has 0 N–H and O–H groups in total. The first-order valence-corrected chi connectivity index (χ1v) is 4.73. The molecule has 0 aromatic carbocycles. The van der Waals surface area contributed by atoms with Crippen molar-refractivity contribution < 1.29 is 9.53 Å². The number of hydrogen-bond acceptors (Lipinski definition) is 3. The van der Waals surface area contributed by atoms with Gasteiger partial charge in [0, 0.05) is 19.2 Å². The largest absolute Gasteiger partial charge is 0.493 e. The number of ether oxygens (including phenoxy) is 1. The summed E-state index contributed by atoms with van der Waals surface area (Å²) in [5, 5.41) is 0. The van der Waals surface area contributed by atoms with Gasteiger partial charge in [0.1, 0.15) is 11.4 Å². The molecule has 0 amide bonds. The average Bonchev–Trinajstić information content (AvgIpc) is 2.08. The van der Waals surface area contributed by atoms with E-state index in [4.69, 9.17) is 4.74 Å². The van der Waals surface area contributed by atoms with Crippen molar-refractivity contribution in [1.29, 1.82) is 0 Å². The molecule has 0 unspecified atom stereocenters. The number of carbonyl (C=O) groups excluding carboxylic acids is 1. The molecule has 0 saturated carbocycles. The number of aromatic nitrogens is 1. The lowest BCUT2D eigenvalue weighted by Crippen LogP contribution is -1.99. The van der Waals surface area contributed by atoms with Crippen molar-refractivity contribution in [3.05, 3.63) is 22.4 Å². The van der Waals surface area contributed by atoms with Crippen molar-refractivity contribution in [2.24, 2.45) is 0 Å². The Morgan fingerprint density at radius 2 is 2.38 bits per heavy atom. The van der Waals surface area contributed by atoms with Crippen LogP contribution in [0.5, 0.6) is 5.75 Å². The van der Waals surface area contributed by atoms with Crippen LogP contribution in [-0.2, 0) is 0 Å². The van der Waals surface area contributed by atoms with Crippen molar-refractivity contribution >= 4 is 21.7 Å². The Hall–Kier alpha value is -0.900. The van der Waals surface area contributed by atoms with E-state index in [1.54, 1.807) is 12.3 Å². The quantitative estimate of drug-likeness (QED) is 0.766. The predicted molar refractivity (Wildman–Crippen MR) is 53.1 cm³/mol. The van der Waals surface area contributed by atoms with E-state index < -0.39 is 0 Å². The molecule has 70 valence electrons. The van der Waals surface area contributed by atoms with Gasteiger partial charge in [-0.2, -0.15) is 0 Å². The molecule has 0 radical (unpaired) electrons. The zero-order chi connectivity index (χ0) is 9.84. The zero-order valence-electron chi connectivity index (χ0n) is 7.50. The van der Waals surface area contributed by atoms with Gasteiger partial charge in [0.05, 0.1) is 11.1 Å². The van der Waals surface area contributed by atoms with E-state index in [1.807, 2.05) is 6.92 Å². The molecular weight excluding hydrogens is 234 g/mol. The third kappa shape index (κ3) is 2.52. The van der Waals surface area contributed by atoms with Gasteiger partial charge in [-0.05, 0) is 22.9 Å². The summed E-state index contributed by atoms with van der Waals surface area (Å²) >= 11 is 3.28. The van der Waals surface area contributed by atoms with Crippen LogP contribution in [0, 0.1) is 0 Å². The van der Waals surface area contributed by atoms with E-state index in [9.17, 15) is 4.79 Å². The Kier molecular flexibility index (Phi) is 3.42. The van der Waals surface area contributed by atoms with Crippen LogP contribution < -0.4 is 4.74 Å². The summed E-state index contributed by atoms with van der Waals surface area (Å²) in [6.45, 7) is 3.94. The fourth-order valence-electron chi connectivity index (χ4n) is 0.879. The van der Waals surface area contributed by atoms with Crippen molar-refractivity contribution in [2.45, 2.75) is 13.8 Å². The van der Waals surface area contributed by atoms with Gasteiger partial charge in [-0.3, -0.25) is 9.78 Å². The Labute approximate surface area is 85.3 Å². The average molecular weight is 244 g/mol. The summed E-state index contributed by atoms with van der Waals surface area (Å²) < 4.78 is 6.05. The number of nitrogens with zero attached hydrogens (tertiary/aromatic N) is 1. The first kappa shape index (κ1) is 10.2. The number of halogens is 1. The fraction of sp³-hybridized carbons (Fsp3) is 0.333. The molecule has 0 spiro atoms. The topological polar surface area (TPSA) is 39.2 Å². The summed E-state index contributed by atoms with van der Waals surface area (Å²) in [5.74, 6) is 0.594. The molecule has 1 heterocycles. The number of pyridine rings is 1. The zero-order valence-corrected chi connectivity index (χ0v) is 9.09. The molecule has 1 rings (SSSR count). The van der Waals surface area contributed by atoms with Crippen LogP contribution in [0.1, 0.15) is 24.3 Å². The Morgan fingerprint density at radius 3 is 2.92 bits per heavy atom. The van der Waals surface area contributed by atoms with Crippen LogP contribution >= 0.6 is 15.9 Å². The monoisotopic (exact) mass is 243 g/mol. The third-order valence-electron chi connectivity index (χ3n) is 1.48. The molecule has 4 heteroatoms. The minimum Gasteiger partial charge on any atom is -0.493 e. The van der Waals surface area contributed by atoms with Crippen LogP contribution in [0.4, 0.5) is 0 Å². The summed E-state index contributed by atoms with van der Waals surface area (Å²) in [6.07, 6.45) is 1.57. The van der Waals surface area contributed by atoms with Gasteiger partial charge in [0.2, 0.25) is 0 Å². The second-order valence-corrected chi connectivity index (χ2v) is 3.34. The SMILES string of the molecule is CCOc1cc(C(C)=O)ncc1Br. The van der Waals surface area contributed by atoms with Crippen molar-refractivity contribution in [3.8, 4) is 5.75 Å². The van der Waals surface area contributed by atoms with Gasteiger partial charge < -0.3 is 4.74 Å². The maximum Gasteiger partial charge on any atom is 0.178 e. The highest BCUT2D eigenvalue weighted by molar-refractivity contribution is 9.10. The van der Waals surface area contributed by atoms with Crippen molar-refractivity contribution in [1.82, 2.24) is 4.98 Å². The molecule has 0 atom stereocenters. The van der Waals surface area contributed by atoms with E-state index in [0.29, 0.717) is 18.1 Å². The Bertz CT molecular complexity index is 325. The summed E-state index contributed by atoms with van der Waals surface area (Å²) in [7, 11) is 0. The first-order valence-electron chi connectivity index (χ1n) is 3.94. The third-order valence-corrected chi connectivity index (χ3v) is 2.08. The Morgan fingerprint density at radius 1 is 1.69 bits per heavy atom. The Balaban J connectivity index is 3.03. The van der Waals surface area contributed by atoms with Crippen LogP contribution in [0.15, 0.2) is 16.7 Å². The van der Waals surface area contributed by atoms with Gasteiger partial charge in [0.25, 0.3) is 0 Å². The second kappa shape index (κ2) is 4.37. The number of carbonyl (C=O) groups is 1. The highest BCUT2D eigenvalue weighted by atomic mass is 79.9. The van der Waals surface area contributed by atoms with E-state index in [0.717, 1.165) is 4.47 Å². The highest BCUT2D eigenvalue weighted by Gasteiger charge is 2.06. The lowest BCUT2D eigenvalue weighted by Gasteiger charge is -2.05. The molecule has 1 aromatic rings. The number of rotatable bonds is 3. The van der Waals surface area contributed by atoms with Crippen LogP contribution in [0.2, 0.25) is 0 Å². The van der Waals surface area contributed by atoms with E-state index in [-0.39, 0.29) is 5.78 Å². The van der Waals surface area contributed by atoms with Crippen molar-refractivity contribution in [2.75, 3.05) is 6.61 Å². The molecule has 13 heavy (non-hydrogen) atoms. The van der Waals surface area contributed by atoms with Gasteiger partial charge in [0.15, 0.2) is 5.78 Å². The number of ketones is 1. The minimum atomic E-state index is -0.0616. The maximum atomic E-state index is 11.0. The number of Topliss-reactive ketones (excluding diaryl/α,β-unsaturated/α-hetero) is 1. The molecule has 0 aliphatic carbocycles. The van der Waals surface area contributed by atoms with Gasteiger partial charge in [-0.1, -0.05) is 0 Å². The minimum absolute atomic E-state index is 0.0616. The predicted octanol–water partition coefficient (Wildman–Crippen LogP) is 2.45. The van der Waals surface area contributed by atoms with E-state index in [1.165, 1.54) is 6.92 Å². The van der Waals surface area contributed by atoms with Crippen molar-refractivity contribution in [3.63, 3.8) is 0 Å². The highest BCUT2D eigenvalue weighted by Crippen LogP contribution is 2.24.